The molecule has 2 rings (SSSR count). The highest BCUT2D eigenvalue weighted by Gasteiger charge is 2.39. The van der Waals surface area contributed by atoms with Crippen LogP contribution in [0.3, 0.4) is 0 Å². The second-order valence-corrected chi connectivity index (χ2v) is 6.42. The standard InChI is InChI=1S/C14H27N/c1-11-6-5-7-12(10-11)13(15)14(2)8-3-4-9-14/h11-13H,3-10,15H2,1-2H3. The van der Waals surface area contributed by atoms with E-state index in [4.69, 9.17) is 5.73 Å². The van der Waals surface area contributed by atoms with E-state index in [0.29, 0.717) is 11.5 Å². The van der Waals surface area contributed by atoms with Crippen molar-refractivity contribution >= 4 is 0 Å². The summed E-state index contributed by atoms with van der Waals surface area (Å²) in [5, 5.41) is 0. The highest BCUT2D eigenvalue weighted by atomic mass is 14.7. The summed E-state index contributed by atoms with van der Waals surface area (Å²) in [6.45, 7) is 4.83. The van der Waals surface area contributed by atoms with Gasteiger partial charge in [-0.2, -0.15) is 0 Å². The lowest BCUT2D eigenvalue weighted by molar-refractivity contribution is 0.144. The van der Waals surface area contributed by atoms with Crippen LogP contribution in [0.25, 0.3) is 0 Å². The molecule has 0 amide bonds. The predicted molar refractivity (Wildman–Crippen MR) is 65.7 cm³/mol. The maximum absolute atomic E-state index is 6.55. The molecule has 0 saturated heterocycles. The molecule has 0 aliphatic heterocycles. The molecule has 2 fully saturated rings. The summed E-state index contributed by atoms with van der Waals surface area (Å²) in [7, 11) is 0. The first-order valence-electron chi connectivity index (χ1n) is 6.87. The highest BCUT2D eigenvalue weighted by molar-refractivity contribution is 4.94. The molecule has 0 aromatic heterocycles. The smallest absolute Gasteiger partial charge is 0.0121 e. The lowest BCUT2D eigenvalue weighted by atomic mass is 9.69. The molecular formula is C14H27N. The summed E-state index contributed by atoms with van der Waals surface area (Å²) >= 11 is 0. The van der Waals surface area contributed by atoms with Crippen molar-refractivity contribution in [1.29, 1.82) is 0 Å². The summed E-state index contributed by atoms with van der Waals surface area (Å²) in [6, 6.07) is 0.475. The zero-order chi connectivity index (χ0) is 10.9. The van der Waals surface area contributed by atoms with Gasteiger partial charge in [0, 0.05) is 6.04 Å². The van der Waals surface area contributed by atoms with E-state index in [9.17, 15) is 0 Å². The van der Waals surface area contributed by atoms with Gasteiger partial charge in [0.2, 0.25) is 0 Å². The number of nitrogens with two attached hydrogens (primary N) is 1. The third kappa shape index (κ3) is 2.38. The van der Waals surface area contributed by atoms with Gasteiger partial charge >= 0.3 is 0 Å². The van der Waals surface area contributed by atoms with Crippen molar-refractivity contribution in [2.45, 2.75) is 71.3 Å². The lowest BCUT2D eigenvalue weighted by Crippen LogP contribution is -2.45. The maximum atomic E-state index is 6.55. The minimum Gasteiger partial charge on any atom is -0.327 e. The monoisotopic (exact) mass is 209 g/mol. The Hall–Kier alpha value is -0.0400. The minimum absolute atomic E-state index is 0.474. The Bertz CT molecular complexity index is 205. The van der Waals surface area contributed by atoms with E-state index in [1.54, 1.807) is 0 Å². The third-order valence-electron chi connectivity index (χ3n) is 5.04. The van der Waals surface area contributed by atoms with Gasteiger partial charge in [-0.3, -0.25) is 0 Å². The van der Waals surface area contributed by atoms with Gasteiger partial charge in [-0.1, -0.05) is 39.5 Å². The van der Waals surface area contributed by atoms with Crippen molar-refractivity contribution in [3.8, 4) is 0 Å². The summed E-state index contributed by atoms with van der Waals surface area (Å²) < 4.78 is 0. The third-order valence-corrected chi connectivity index (χ3v) is 5.04. The van der Waals surface area contributed by atoms with Crippen molar-refractivity contribution in [2.24, 2.45) is 23.0 Å². The van der Waals surface area contributed by atoms with Gasteiger partial charge < -0.3 is 5.73 Å². The second-order valence-electron chi connectivity index (χ2n) is 6.42. The zero-order valence-electron chi connectivity index (χ0n) is 10.5. The minimum atomic E-state index is 0.474. The Balaban J connectivity index is 1.96. The van der Waals surface area contributed by atoms with Gasteiger partial charge in [-0.15, -0.1) is 0 Å². The first-order chi connectivity index (χ1) is 7.12. The summed E-state index contributed by atoms with van der Waals surface area (Å²) in [4.78, 5) is 0. The molecule has 1 nitrogen and oxygen atoms in total. The SMILES string of the molecule is CC1CCCC(C(N)C2(C)CCCC2)C1. The van der Waals surface area contributed by atoms with Crippen molar-refractivity contribution in [3.05, 3.63) is 0 Å². The van der Waals surface area contributed by atoms with E-state index in [1.165, 1.54) is 51.4 Å². The van der Waals surface area contributed by atoms with Gasteiger partial charge in [-0.05, 0) is 42.9 Å². The predicted octanol–water partition coefficient (Wildman–Crippen LogP) is 3.72. The highest BCUT2D eigenvalue weighted by Crippen LogP contribution is 2.45. The molecule has 2 aliphatic carbocycles. The molecule has 3 atom stereocenters. The molecule has 0 aromatic carbocycles. The van der Waals surface area contributed by atoms with Crippen LogP contribution in [0.4, 0.5) is 0 Å². The molecule has 88 valence electrons. The van der Waals surface area contributed by atoms with E-state index >= 15 is 0 Å². The van der Waals surface area contributed by atoms with E-state index < -0.39 is 0 Å². The maximum Gasteiger partial charge on any atom is 0.0121 e. The fraction of sp³-hybridized carbons (Fsp3) is 1.00. The molecule has 0 heterocycles. The molecule has 15 heavy (non-hydrogen) atoms. The van der Waals surface area contributed by atoms with Crippen LogP contribution in [0.2, 0.25) is 0 Å². The summed E-state index contributed by atoms with van der Waals surface area (Å²) in [5.74, 6) is 1.73. The molecule has 0 radical (unpaired) electrons. The van der Waals surface area contributed by atoms with Crippen LogP contribution in [0.15, 0.2) is 0 Å². The van der Waals surface area contributed by atoms with Crippen LogP contribution >= 0.6 is 0 Å². The van der Waals surface area contributed by atoms with Crippen molar-refractivity contribution in [3.63, 3.8) is 0 Å². The Kier molecular flexibility index (Phi) is 3.39. The first kappa shape index (κ1) is 11.4. The number of rotatable bonds is 2. The first-order valence-corrected chi connectivity index (χ1v) is 6.87. The Morgan fingerprint density at radius 2 is 1.80 bits per heavy atom. The average molecular weight is 209 g/mol. The van der Waals surface area contributed by atoms with Crippen molar-refractivity contribution in [2.75, 3.05) is 0 Å². The Labute approximate surface area is 94.8 Å². The average Bonchev–Trinajstić information content (AvgIpc) is 2.65. The molecule has 2 N–H and O–H groups in total. The van der Waals surface area contributed by atoms with E-state index in [2.05, 4.69) is 13.8 Å². The van der Waals surface area contributed by atoms with Crippen LogP contribution in [-0.4, -0.2) is 6.04 Å². The molecule has 0 bridgehead atoms. The molecule has 0 spiro atoms. The zero-order valence-corrected chi connectivity index (χ0v) is 10.5. The van der Waals surface area contributed by atoms with Crippen molar-refractivity contribution < 1.29 is 0 Å². The van der Waals surface area contributed by atoms with Crippen LogP contribution < -0.4 is 5.73 Å². The molecule has 2 saturated carbocycles. The lowest BCUT2D eigenvalue weighted by Gasteiger charge is -2.40. The van der Waals surface area contributed by atoms with Crippen LogP contribution in [0.1, 0.15) is 65.2 Å². The topological polar surface area (TPSA) is 26.0 Å². The van der Waals surface area contributed by atoms with E-state index in [0.717, 1.165) is 11.8 Å². The van der Waals surface area contributed by atoms with E-state index in [1.807, 2.05) is 0 Å². The molecule has 0 aromatic rings. The van der Waals surface area contributed by atoms with Gasteiger partial charge in [-0.25, -0.2) is 0 Å². The number of hydrogen-bond acceptors (Lipinski definition) is 1. The molecule has 1 heteroatoms. The van der Waals surface area contributed by atoms with Crippen LogP contribution in [0.5, 0.6) is 0 Å². The summed E-state index contributed by atoms with van der Waals surface area (Å²) in [6.07, 6.45) is 11.2. The number of hydrogen-bond donors (Lipinski definition) is 1. The summed E-state index contributed by atoms with van der Waals surface area (Å²) in [5.41, 5.74) is 7.02. The van der Waals surface area contributed by atoms with Gasteiger partial charge in [0.25, 0.3) is 0 Å². The largest absolute Gasteiger partial charge is 0.327 e. The van der Waals surface area contributed by atoms with Gasteiger partial charge in [0.05, 0.1) is 0 Å². The Morgan fingerprint density at radius 3 is 2.40 bits per heavy atom. The van der Waals surface area contributed by atoms with Gasteiger partial charge in [0.15, 0.2) is 0 Å². The van der Waals surface area contributed by atoms with E-state index in [-0.39, 0.29) is 0 Å². The Morgan fingerprint density at radius 1 is 1.13 bits per heavy atom. The van der Waals surface area contributed by atoms with Crippen LogP contribution in [-0.2, 0) is 0 Å². The fourth-order valence-electron chi connectivity index (χ4n) is 3.89. The molecule has 3 unspecified atom stereocenters. The van der Waals surface area contributed by atoms with Crippen LogP contribution in [0, 0.1) is 17.3 Å². The molecular weight excluding hydrogens is 182 g/mol. The quantitative estimate of drug-likeness (QED) is 0.737. The fourth-order valence-corrected chi connectivity index (χ4v) is 3.89. The molecule has 2 aliphatic rings. The second kappa shape index (κ2) is 4.45. The van der Waals surface area contributed by atoms with Gasteiger partial charge in [0.1, 0.15) is 0 Å². The van der Waals surface area contributed by atoms with Crippen molar-refractivity contribution in [1.82, 2.24) is 0 Å². The normalized spacial score (nSPS) is 37.8.